The Kier molecular flexibility index (Phi) is 5.40. The molecule has 1 amide bonds. The van der Waals surface area contributed by atoms with Gasteiger partial charge in [0.25, 0.3) is 0 Å². The molecule has 0 spiro atoms. The van der Waals surface area contributed by atoms with Crippen LogP contribution in [0.25, 0.3) is 0 Å². The van der Waals surface area contributed by atoms with E-state index >= 15 is 0 Å². The summed E-state index contributed by atoms with van der Waals surface area (Å²) in [6.45, 7) is 2.15. The van der Waals surface area contributed by atoms with E-state index in [1.54, 1.807) is 21.3 Å². The zero-order valence-electron chi connectivity index (χ0n) is 15.6. The van der Waals surface area contributed by atoms with Gasteiger partial charge in [0, 0.05) is 6.04 Å². The van der Waals surface area contributed by atoms with Crippen molar-refractivity contribution < 1.29 is 19.0 Å². The second kappa shape index (κ2) is 7.54. The second-order valence-electron chi connectivity index (χ2n) is 7.41. The van der Waals surface area contributed by atoms with Gasteiger partial charge in [-0.2, -0.15) is 0 Å². The van der Waals surface area contributed by atoms with Crippen LogP contribution < -0.4 is 19.5 Å². The molecule has 4 atom stereocenters. The Morgan fingerprint density at radius 3 is 2.28 bits per heavy atom. The maximum Gasteiger partial charge on any atom is 0.224 e. The predicted molar refractivity (Wildman–Crippen MR) is 96.3 cm³/mol. The van der Waals surface area contributed by atoms with Gasteiger partial charge in [0.1, 0.15) is 0 Å². The van der Waals surface area contributed by atoms with Crippen molar-refractivity contribution in [2.45, 2.75) is 45.1 Å². The molecule has 0 unspecified atom stereocenters. The highest BCUT2D eigenvalue weighted by molar-refractivity contribution is 5.79. The Hall–Kier alpha value is -1.91. The summed E-state index contributed by atoms with van der Waals surface area (Å²) in [5.41, 5.74) is 0.854. The lowest BCUT2D eigenvalue weighted by Crippen LogP contribution is -2.40. The summed E-state index contributed by atoms with van der Waals surface area (Å²) in [5, 5.41) is 3.21. The van der Waals surface area contributed by atoms with Crippen molar-refractivity contribution in [3.05, 3.63) is 17.7 Å². The molecular formula is C20H29NO4. The number of benzene rings is 1. The molecule has 2 aliphatic rings. The molecule has 5 nitrogen and oxygen atoms in total. The van der Waals surface area contributed by atoms with Crippen LogP contribution in [0.1, 0.15) is 38.2 Å². The third-order valence-electron chi connectivity index (χ3n) is 5.91. The highest BCUT2D eigenvalue weighted by Gasteiger charge is 2.42. The number of methoxy groups -OCH3 is 3. The van der Waals surface area contributed by atoms with Crippen molar-refractivity contribution in [1.82, 2.24) is 5.32 Å². The highest BCUT2D eigenvalue weighted by atomic mass is 16.5. The Bertz CT molecular complexity index is 605. The molecule has 0 heterocycles. The van der Waals surface area contributed by atoms with Crippen molar-refractivity contribution in [3.8, 4) is 17.2 Å². The lowest BCUT2D eigenvalue weighted by atomic mass is 9.84. The topological polar surface area (TPSA) is 56.8 Å². The fraction of sp³-hybridized carbons (Fsp3) is 0.650. The van der Waals surface area contributed by atoms with Gasteiger partial charge < -0.3 is 19.5 Å². The monoisotopic (exact) mass is 347 g/mol. The minimum absolute atomic E-state index is 0.0459. The van der Waals surface area contributed by atoms with E-state index in [0.29, 0.717) is 29.6 Å². The third kappa shape index (κ3) is 3.70. The van der Waals surface area contributed by atoms with Gasteiger partial charge >= 0.3 is 0 Å². The maximum atomic E-state index is 12.5. The zero-order valence-corrected chi connectivity index (χ0v) is 15.6. The summed E-state index contributed by atoms with van der Waals surface area (Å²) in [4.78, 5) is 12.5. The molecule has 2 saturated carbocycles. The Morgan fingerprint density at radius 1 is 1.12 bits per heavy atom. The third-order valence-corrected chi connectivity index (χ3v) is 5.91. The molecule has 5 heteroatoms. The first kappa shape index (κ1) is 17.9. The van der Waals surface area contributed by atoms with Crippen molar-refractivity contribution in [1.29, 1.82) is 0 Å². The number of amides is 1. The van der Waals surface area contributed by atoms with E-state index in [2.05, 4.69) is 12.2 Å². The van der Waals surface area contributed by atoms with Gasteiger partial charge in [0.05, 0.1) is 27.8 Å². The van der Waals surface area contributed by atoms with Gasteiger partial charge in [0.15, 0.2) is 11.5 Å². The number of hydrogen-bond acceptors (Lipinski definition) is 4. The van der Waals surface area contributed by atoms with Crippen LogP contribution in [-0.4, -0.2) is 33.3 Å². The van der Waals surface area contributed by atoms with Crippen LogP contribution in [0.15, 0.2) is 12.1 Å². The summed E-state index contributed by atoms with van der Waals surface area (Å²) in [5.74, 6) is 4.08. The molecule has 1 N–H and O–H groups in total. The molecule has 3 rings (SSSR count). The van der Waals surface area contributed by atoms with Crippen molar-refractivity contribution in [2.24, 2.45) is 17.8 Å². The number of ether oxygens (including phenoxy) is 3. The summed E-state index contributed by atoms with van der Waals surface area (Å²) in [6.07, 6.45) is 5.66. The summed E-state index contributed by atoms with van der Waals surface area (Å²) in [6, 6.07) is 3.91. The van der Waals surface area contributed by atoms with Crippen LogP contribution in [-0.2, 0) is 11.2 Å². The van der Waals surface area contributed by atoms with Crippen LogP contribution in [0.3, 0.4) is 0 Å². The molecule has 138 valence electrons. The van der Waals surface area contributed by atoms with E-state index in [1.165, 1.54) is 25.7 Å². The average Bonchev–Trinajstić information content (AvgIpc) is 3.23. The van der Waals surface area contributed by atoms with Crippen LogP contribution in [0, 0.1) is 17.8 Å². The van der Waals surface area contributed by atoms with Crippen molar-refractivity contribution in [2.75, 3.05) is 21.3 Å². The van der Waals surface area contributed by atoms with E-state index in [-0.39, 0.29) is 11.9 Å². The van der Waals surface area contributed by atoms with E-state index in [4.69, 9.17) is 14.2 Å². The Labute approximate surface area is 150 Å². The Morgan fingerprint density at radius 2 is 1.80 bits per heavy atom. The predicted octanol–water partition coefficient (Wildman–Crippen LogP) is 3.20. The molecule has 0 saturated heterocycles. The van der Waals surface area contributed by atoms with Gasteiger partial charge in [-0.05, 0) is 61.6 Å². The molecule has 0 aliphatic heterocycles. The average molecular weight is 347 g/mol. The van der Waals surface area contributed by atoms with E-state index < -0.39 is 0 Å². The molecule has 2 aliphatic carbocycles. The molecule has 2 bridgehead atoms. The van der Waals surface area contributed by atoms with Gasteiger partial charge in [-0.3, -0.25) is 4.79 Å². The zero-order chi connectivity index (χ0) is 18.0. The largest absolute Gasteiger partial charge is 0.493 e. The summed E-state index contributed by atoms with van der Waals surface area (Å²) in [7, 11) is 4.74. The fourth-order valence-corrected chi connectivity index (χ4v) is 4.74. The normalized spacial score (nSPS) is 25.5. The molecule has 0 radical (unpaired) electrons. The standard InChI is InChI=1S/C20H29NO4/c1-12(16-8-13-5-6-15(16)7-13)21-19(22)11-14-9-17(23-2)20(25-4)18(10-14)24-3/h9-10,12-13,15-16H,5-8,11H2,1-4H3,(H,21,22)/t12-,13+,15+,16-/m1/s1. The quantitative estimate of drug-likeness (QED) is 0.823. The van der Waals surface area contributed by atoms with Gasteiger partial charge in [-0.25, -0.2) is 0 Å². The minimum Gasteiger partial charge on any atom is -0.493 e. The SMILES string of the molecule is COc1cc(CC(=O)N[C@H](C)[C@H]2C[C@H]3CC[C@H]2C3)cc(OC)c1OC. The molecule has 0 aromatic heterocycles. The molecule has 25 heavy (non-hydrogen) atoms. The lowest BCUT2D eigenvalue weighted by Gasteiger charge is -2.28. The van der Waals surface area contributed by atoms with Gasteiger partial charge in [-0.15, -0.1) is 0 Å². The number of carbonyl (C=O) groups excluding carboxylic acids is 1. The number of fused-ring (bicyclic) bond motifs is 2. The summed E-state index contributed by atoms with van der Waals surface area (Å²) < 4.78 is 16.0. The Balaban J connectivity index is 1.64. The molecule has 2 fully saturated rings. The van der Waals surface area contributed by atoms with Crippen LogP contribution in [0.5, 0.6) is 17.2 Å². The number of rotatable bonds is 7. The first-order valence-electron chi connectivity index (χ1n) is 9.14. The minimum atomic E-state index is 0.0459. The van der Waals surface area contributed by atoms with Crippen LogP contribution >= 0.6 is 0 Å². The number of hydrogen-bond donors (Lipinski definition) is 1. The fourth-order valence-electron chi connectivity index (χ4n) is 4.74. The maximum absolute atomic E-state index is 12.5. The lowest BCUT2D eigenvalue weighted by molar-refractivity contribution is -0.121. The second-order valence-corrected chi connectivity index (χ2v) is 7.41. The summed E-state index contributed by atoms with van der Waals surface area (Å²) >= 11 is 0. The van der Waals surface area contributed by atoms with Crippen molar-refractivity contribution in [3.63, 3.8) is 0 Å². The number of nitrogens with one attached hydrogen (secondary N) is 1. The van der Waals surface area contributed by atoms with Gasteiger partial charge in [-0.1, -0.05) is 6.42 Å². The molecule has 1 aromatic rings. The number of carbonyl (C=O) groups is 1. The molecule has 1 aromatic carbocycles. The van der Waals surface area contributed by atoms with Crippen LogP contribution in [0.2, 0.25) is 0 Å². The van der Waals surface area contributed by atoms with Crippen molar-refractivity contribution >= 4 is 5.91 Å². The highest BCUT2D eigenvalue weighted by Crippen LogP contribution is 2.49. The van der Waals surface area contributed by atoms with E-state index in [0.717, 1.165) is 17.4 Å². The van der Waals surface area contributed by atoms with Gasteiger partial charge in [0.2, 0.25) is 11.7 Å². The van der Waals surface area contributed by atoms with E-state index in [1.807, 2.05) is 12.1 Å². The first-order valence-corrected chi connectivity index (χ1v) is 9.14. The van der Waals surface area contributed by atoms with Crippen LogP contribution in [0.4, 0.5) is 0 Å². The molecular weight excluding hydrogens is 318 g/mol. The van der Waals surface area contributed by atoms with E-state index in [9.17, 15) is 4.79 Å². The smallest absolute Gasteiger partial charge is 0.224 e. The first-order chi connectivity index (χ1) is 12.0.